The second-order valence-electron chi connectivity index (χ2n) is 15.5. The number of aromatic nitrogens is 3. The standard InChI is InChI=1S/C54H36N4S/c1-3-13-34(14-4-1)52-56-53(35-15-5-2-6-16-35)58-54(57-52)36-25-23-33(24-26-36)50-49-44-21-11-12-22-48(44)59-51(49)46-32-38(28-30-47(46)55-50)37-27-29-43-41-19-8-7-17-39(41)40-18-9-10-20-42(40)45(43)31-37/h1-10,13-32,46-47H,11-12H2. The number of fused-ring (bicyclic) bond motifs is 11. The van der Waals surface area contributed by atoms with E-state index < -0.39 is 0 Å². The first kappa shape index (κ1) is 34.0. The van der Waals surface area contributed by atoms with Crippen molar-refractivity contribution in [3.8, 4) is 34.2 Å². The van der Waals surface area contributed by atoms with Gasteiger partial charge in [0, 0.05) is 43.1 Å². The summed E-state index contributed by atoms with van der Waals surface area (Å²) in [6.45, 7) is 0. The fourth-order valence-electron chi connectivity index (χ4n) is 9.21. The first-order valence-corrected chi connectivity index (χ1v) is 21.2. The quantitative estimate of drug-likeness (QED) is 0.164. The van der Waals surface area contributed by atoms with Gasteiger partial charge in [0.15, 0.2) is 17.5 Å². The van der Waals surface area contributed by atoms with Crippen molar-refractivity contribution in [2.24, 2.45) is 4.99 Å². The number of allylic oxidation sites excluding steroid dienone is 2. The second kappa shape index (κ2) is 13.8. The molecule has 0 spiro atoms. The van der Waals surface area contributed by atoms with E-state index in [1.165, 1.54) is 63.6 Å². The van der Waals surface area contributed by atoms with E-state index in [-0.39, 0.29) is 12.0 Å². The molecule has 5 heteroatoms. The van der Waals surface area contributed by atoms with E-state index >= 15 is 0 Å². The van der Waals surface area contributed by atoms with Gasteiger partial charge in [-0.15, -0.1) is 11.3 Å². The van der Waals surface area contributed by atoms with E-state index in [4.69, 9.17) is 19.9 Å². The Balaban J connectivity index is 0.942. The molecule has 9 aromatic rings. The second-order valence-corrected chi connectivity index (χ2v) is 16.6. The fourth-order valence-corrected chi connectivity index (χ4v) is 10.6. The summed E-state index contributed by atoms with van der Waals surface area (Å²) in [6.07, 6.45) is 14.1. The summed E-state index contributed by atoms with van der Waals surface area (Å²) in [5.41, 5.74) is 8.80. The van der Waals surface area contributed by atoms with Crippen LogP contribution in [0.4, 0.5) is 0 Å². The van der Waals surface area contributed by atoms with Gasteiger partial charge in [0.1, 0.15) is 0 Å². The molecule has 0 radical (unpaired) electrons. The number of hydrogen-bond acceptors (Lipinski definition) is 5. The highest BCUT2D eigenvalue weighted by Gasteiger charge is 2.34. The summed E-state index contributed by atoms with van der Waals surface area (Å²) in [7, 11) is 0. The lowest BCUT2D eigenvalue weighted by molar-refractivity contribution is 0.716. The van der Waals surface area contributed by atoms with Crippen molar-refractivity contribution in [2.45, 2.75) is 24.8 Å². The zero-order valence-electron chi connectivity index (χ0n) is 32.1. The molecule has 59 heavy (non-hydrogen) atoms. The molecule has 2 aliphatic carbocycles. The van der Waals surface area contributed by atoms with Crippen LogP contribution in [0.5, 0.6) is 0 Å². The summed E-state index contributed by atoms with van der Waals surface area (Å²) >= 11 is 1.95. The van der Waals surface area contributed by atoms with Gasteiger partial charge in [-0.1, -0.05) is 176 Å². The van der Waals surface area contributed by atoms with E-state index in [2.05, 4.69) is 121 Å². The Kier molecular flexibility index (Phi) is 7.95. The molecule has 2 aromatic heterocycles. The van der Waals surface area contributed by atoms with Gasteiger partial charge in [0.2, 0.25) is 0 Å². The van der Waals surface area contributed by atoms with Gasteiger partial charge in [-0.25, -0.2) is 15.0 Å². The lowest BCUT2D eigenvalue weighted by Gasteiger charge is -2.29. The Labute approximate surface area is 345 Å². The van der Waals surface area contributed by atoms with Crippen molar-refractivity contribution >= 4 is 67.1 Å². The van der Waals surface area contributed by atoms with E-state index in [9.17, 15) is 0 Å². The van der Waals surface area contributed by atoms with Gasteiger partial charge in [0.25, 0.3) is 0 Å². The van der Waals surface area contributed by atoms with Gasteiger partial charge in [-0.3, -0.25) is 4.99 Å². The van der Waals surface area contributed by atoms with Crippen LogP contribution in [0.3, 0.4) is 0 Å². The topological polar surface area (TPSA) is 51.0 Å². The minimum absolute atomic E-state index is 0.0108. The largest absolute Gasteiger partial charge is 0.276 e. The van der Waals surface area contributed by atoms with Gasteiger partial charge in [0.05, 0.1) is 11.8 Å². The lowest BCUT2D eigenvalue weighted by atomic mass is 9.81. The Hall–Kier alpha value is -7.08. The smallest absolute Gasteiger partial charge is 0.164 e. The van der Waals surface area contributed by atoms with Crippen LogP contribution in [0.15, 0.2) is 175 Å². The zero-order valence-corrected chi connectivity index (χ0v) is 32.9. The highest BCUT2D eigenvalue weighted by atomic mass is 32.1. The average molecular weight is 773 g/mol. The Morgan fingerprint density at radius 2 is 0.983 bits per heavy atom. The van der Waals surface area contributed by atoms with Crippen LogP contribution in [0.1, 0.15) is 40.3 Å². The molecule has 278 valence electrons. The number of thiophene rings is 1. The molecular weight excluding hydrogens is 737 g/mol. The summed E-state index contributed by atoms with van der Waals surface area (Å²) in [5.74, 6) is 2.12. The Morgan fingerprint density at radius 3 is 1.61 bits per heavy atom. The maximum atomic E-state index is 5.58. The normalized spacial score (nSPS) is 16.7. The first-order valence-electron chi connectivity index (χ1n) is 20.4. The van der Waals surface area contributed by atoms with Crippen LogP contribution >= 0.6 is 11.3 Å². The molecule has 2 atom stereocenters. The van der Waals surface area contributed by atoms with E-state index in [0.717, 1.165) is 40.8 Å². The molecule has 0 bridgehead atoms. The highest BCUT2D eigenvalue weighted by molar-refractivity contribution is 7.10. The predicted molar refractivity (Wildman–Crippen MR) is 246 cm³/mol. The monoisotopic (exact) mass is 772 g/mol. The number of benzene rings is 7. The van der Waals surface area contributed by atoms with Crippen molar-refractivity contribution in [3.63, 3.8) is 0 Å². The number of hydrogen-bond donors (Lipinski definition) is 0. The molecule has 7 aromatic carbocycles. The highest BCUT2D eigenvalue weighted by Crippen LogP contribution is 2.42. The van der Waals surface area contributed by atoms with Crippen LogP contribution in [-0.2, 0) is 0 Å². The molecular formula is C54H36N4S. The SMILES string of the molecule is C1=CC2N=C(c3ccc(-c4nc(-c5ccccc5)nc(-c5ccccc5)n4)cc3)c3c(sc4c3=CCCC=4)C2C=C1c1ccc2c3ccccc3c3ccccc3c2c1. The van der Waals surface area contributed by atoms with E-state index in [0.29, 0.717) is 17.5 Å². The minimum Gasteiger partial charge on any atom is -0.276 e. The fraction of sp³-hybridized carbons (Fsp3) is 0.0741. The van der Waals surface area contributed by atoms with Crippen molar-refractivity contribution in [1.82, 2.24) is 15.0 Å². The summed E-state index contributed by atoms with van der Waals surface area (Å²) in [6, 6.07) is 53.6. The zero-order chi connectivity index (χ0) is 38.9. The van der Waals surface area contributed by atoms with Crippen molar-refractivity contribution in [3.05, 3.63) is 201 Å². The minimum atomic E-state index is 0.0108. The summed E-state index contributed by atoms with van der Waals surface area (Å²) in [5, 5.41) is 9.12. The van der Waals surface area contributed by atoms with Crippen LogP contribution < -0.4 is 9.75 Å². The van der Waals surface area contributed by atoms with E-state index in [1.54, 1.807) is 0 Å². The first-order chi connectivity index (χ1) is 29.2. The molecule has 0 N–H and O–H groups in total. The molecule has 4 nitrogen and oxygen atoms in total. The van der Waals surface area contributed by atoms with E-state index in [1.807, 2.05) is 72.0 Å². The Bertz CT molecular complexity index is 3290. The number of rotatable bonds is 5. The van der Waals surface area contributed by atoms with Crippen molar-refractivity contribution < 1.29 is 0 Å². The molecule has 1 aliphatic heterocycles. The maximum Gasteiger partial charge on any atom is 0.164 e. The third-order valence-electron chi connectivity index (χ3n) is 12.1. The molecule has 3 heterocycles. The van der Waals surface area contributed by atoms with Crippen LogP contribution in [0.2, 0.25) is 0 Å². The maximum absolute atomic E-state index is 5.58. The molecule has 2 unspecified atom stereocenters. The van der Waals surface area contributed by atoms with Crippen LogP contribution in [-0.4, -0.2) is 26.7 Å². The molecule has 3 aliphatic rings. The van der Waals surface area contributed by atoms with Gasteiger partial charge in [-0.05, 0) is 67.6 Å². The Morgan fingerprint density at radius 1 is 0.475 bits per heavy atom. The predicted octanol–water partition coefficient (Wildman–Crippen LogP) is 11.7. The third kappa shape index (κ3) is 5.72. The number of nitrogens with zero attached hydrogens (tertiary/aromatic N) is 4. The lowest BCUT2D eigenvalue weighted by Crippen LogP contribution is -2.31. The molecule has 12 rings (SSSR count). The van der Waals surface area contributed by atoms with Gasteiger partial charge in [-0.2, -0.15) is 0 Å². The summed E-state index contributed by atoms with van der Waals surface area (Å²) in [4.78, 5) is 21.8. The molecule has 0 saturated carbocycles. The van der Waals surface area contributed by atoms with Crippen LogP contribution in [0.25, 0.3) is 84.2 Å². The molecule has 0 amide bonds. The van der Waals surface area contributed by atoms with Gasteiger partial charge >= 0.3 is 0 Å². The van der Waals surface area contributed by atoms with Gasteiger partial charge < -0.3 is 0 Å². The molecule has 0 fully saturated rings. The van der Waals surface area contributed by atoms with Crippen LogP contribution in [0, 0.1) is 0 Å². The van der Waals surface area contributed by atoms with Crippen molar-refractivity contribution in [2.75, 3.05) is 0 Å². The molecule has 0 saturated heterocycles. The van der Waals surface area contributed by atoms with Crippen molar-refractivity contribution in [1.29, 1.82) is 0 Å². The average Bonchev–Trinajstić information content (AvgIpc) is 3.72. The summed E-state index contributed by atoms with van der Waals surface area (Å²) < 4.78 is 1.37. The number of aliphatic imine (C=N–C) groups is 1. The third-order valence-corrected chi connectivity index (χ3v) is 13.4.